The van der Waals surface area contributed by atoms with Crippen molar-refractivity contribution in [2.75, 3.05) is 26.2 Å². The Hall–Kier alpha value is -2.97. The van der Waals surface area contributed by atoms with Crippen LogP contribution in [0.2, 0.25) is 0 Å². The molecule has 0 aromatic heterocycles. The molecule has 1 saturated heterocycles. The monoisotopic (exact) mass is 455 g/mol. The van der Waals surface area contributed by atoms with Crippen molar-refractivity contribution in [2.45, 2.75) is 24.2 Å². The zero-order chi connectivity index (χ0) is 23.0. The SMILES string of the molecule is C=CC(=O)NCC1CCN(S(=O)(=O)c2ccc(C(=O)NCCc3ccccc3)cc2)CC1. The highest BCUT2D eigenvalue weighted by atomic mass is 32.2. The Morgan fingerprint density at radius 3 is 2.28 bits per heavy atom. The molecular formula is C24H29N3O4S. The number of piperidine rings is 1. The number of amides is 2. The molecule has 2 N–H and O–H groups in total. The average Bonchev–Trinajstić information content (AvgIpc) is 2.83. The van der Waals surface area contributed by atoms with Gasteiger partial charge in [-0.25, -0.2) is 8.42 Å². The van der Waals surface area contributed by atoms with Crippen LogP contribution in [-0.2, 0) is 21.2 Å². The second-order valence-corrected chi connectivity index (χ2v) is 9.75. The van der Waals surface area contributed by atoms with Gasteiger partial charge in [0.05, 0.1) is 4.90 Å². The fraction of sp³-hybridized carbons (Fsp3) is 0.333. The fourth-order valence-corrected chi connectivity index (χ4v) is 5.14. The third-order valence-electron chi connectivity index (χ3n) is 5.62. The molecule has 1 heterocycles. The smallest absolute Gasteiger partial charge is 0.251 e. The van der Waals surface area contributed by atoms with E-state index in [-0.39, 0.29) is 22.6 Å². The Labute approximate surface area is 189 Å². The van der Waals surface area contributed by atoms with Gasteiger partial charge in [0.25, 0.3) is 5.91 Å². The van der Waals surface area contributed by atoms with Crippen LogP contribution in [0.4, 0.5) is 0 Å². The van der Waals surface area contributed by atoms with Crippen LogP contribution < -0.4 is 10.6 Å². The molecule has 0 radical (unpaired) electrons. The van der Waals surface area contributed by atoms with Crippen molar-refractivity contribution < 1.29 is 18.0 Å². The number of nitrogens with zero attached hydrogens (tertiary/aromatic N) is 1. The molecule has 1 aliphatic rings. The third-order valence-corrected chi connectivity index (χ3v) is 7.53. The maximum absolute atomic E-state index is 13.0. The predicted molar refractivity (Wildman–Crippen MR) is 124 cm³/mol. The fourth-order valence-electron chi connectivity index (χ4n) is 3.67. The highest BCUT2D eigenvalue weighted by Crippen LogP contribution is 2.23. The van der Waals surface area contributed by atoms with Crippen LogP contribution in [0, 0.1) is 5.92 Å². The number of hydrogen-bond acceptors (Lipinski definition) is 4. The highest BCUT2D eigenvalue weighted by Gasteiger charge is 2.29. The van der Waals surface area contributed by atoms with Gasteiger partial charge in [0.15, 0.2) is 0 Å². The lowest BCUT2D eigenvalue weighted by Crippen LogP contribution is -2.41. The molecule has 2 amide bonds. The van der Waals surface area contributed by atoms with E-state index in [4.69, 9.17) is 0 Å². The Kier molecular flexibility index (Phi) is 8.19. The van der Waals surface area contributed by atoms with E-state index in [1.54, 1.807) is 12.1 Å². The first-order chi connectivity index (χ1) is 15.4. The zero-order valence-corrected chi connectivity index (χ0v) is 18.8. The third kappa shape index (κ3) is 6.27. The summed E-state index contributed by atoms with van der Waals surface area (Å²) in [7, 11) is -3.62. The van der Waals surface area contributed by atoms with Crippen LogP contribution in [0.25, 0.3) is 0 Å². The Morgan fingerprint density at radius 2 is 1.66 bits per heavy atom. The summed E-state index contributed by atoms with van der Waals surface area (Å²) < 4.78 is 27.4. The molecule has 0 unspecified atom stereocenters. The van der Waals surface area contributed by atoms with Crippen LogP contribution in [0.15, 0.2) is 72.1 Å². The van der Waals surface area contributed by atoms with Gasteiger partial charge in [0.2, 0.25) is 15.9 Å². The number of carbonyl (C=O) groups excluding carboxylic acids is 2. The second kappa shape index (κ2) is 11.1. The van der Waals surface area contributed by atoms with Gasteiger partial charge >= 0.3 is 0 Å². The molecule has 0 aliphatic carbocycles. The molecule has 0 saturated carbocycles. The first-order valence-corrected chi connectivity index (χ1v) is 12.2. The van der Waals surface area contributed by atoms with Crippen molar-refractivity contribution in [3.8, 4) is 0 Å². The summed E-state index contributed by atoms with van der Waals surface area (Å²) in [5.41, 5.74) is 1.56. The topological polar surface area (TPSA) is 95.6 Å². The zero-order valence-electron chi connectivity index (χ0n) is 18.0. The molecule has 0 spiro atoms. The maximum atomic E-state index is 13.0. The van der Waals surface area contributed by atoms with Crippen molar-refractivity contribution in [3.63, 3.8) is 0 Å². The Morgan fingerprint density at radius 1 is 1.00 bits per heavy atom. The first-order valence-electron chi connectivity index (χ1n) is 10.7. The molecular weight excluding hydrogens is 426 g/mol. The van der Waals surface area contributed by atoms with E-state index in [1.165, 1.54) is 22.5 Å². The van der Waals surface area contributed by atoms with Crippen LogP contribution in [0.5, 0.6) is 0 Å². The van der Waals surface area contributed by atoms with Gasteiger partial charge in [-0.05, 0) is 61.1 Å². The number of benzene rings is 2. The molecule has 1 fully saturated rings. The number of hydrogen-bond donors (Lipinski definition) is 2. The molecule has 8 heteroatoms. The quantitative estimate of drug-likeness (QED) is 0.568. The lowest BCUT2D eigenvalue weighted by Gasteiger charge is -2.31. The van der Waals surface area contributed by atoms with E-state index in [9.17, 15) is 18.0 Å². The molecule has 0 atom stereocenters. The van der Waals surface area contributed by atoms with Crippen LogP contribution >= 0.6 is 0 Å². The predicted octanol–water partition coefficient (Wildman–Crippen LogP) is 2.36. The van der Waals surface area contributed by atoms with Gasteiger partial charge in [-0.2, -0.15) is 4.31 Å². The lowest BCUT2D eigenvalue weighted by molar-refractivity contribution is -0.116. The van der Waals surface area contributed by atoms with Gasteiger partial charge in [-0.1, -0.05) is 36.9 Å². The van der Waals surface area contributed by atoms with Crippen molar-refractivity contribution in [1.82, 2.24) is 14.9 Å². The van der Waals surface area contributed by atoms with Crippen LogP contribution in [0.1, 0.15) is 28.8 Å². The highest BCUT2D eigenvalue weighted by molar-refractivity contribution is 7.89. The van der Waals surface area contributed by atoms with E-state index in [0.717, 1.165) is 12.0 Å². The van der Waals surface area contributed by atoms with E-state index >= 15 is 0 Å². The minimum absolute atomic E-state index is 0.178. The van der Waals surface area contributed by atoms with Crippen molar-refractivity contribution in [1.29, 1.82) is 0 Å². The molecule has 0 bridgehead atoms. The standard InChI is InChI=1S/C24H29N3O4S/c1-2-23(28)26-18-20-13-16-27(17-14-20)32(30,31)22-10-8-21(9-11-22)24(29)25-15-12-19-6-4-3-5-7-19/h2-11,20H,1,12-18H2,(H,25,29)(H,26,28). The minimum Gasteiger partial charge on any atom is -0.352 e. The lowest BCUT2D eigenvalue weighted by atomic mass is 9.98. The van der Waals surface area contributed by atoms with Crippen molar-refractivity contribution >= 4 is 21.8 Å². The van der Waals surface area contributed by atoms with Crippen LogP contribution in [-0.4, -0.2) is 50.7 Å². The molecule has 1 aliphatic heterocycles. The second-order valence-electron chi connectivity index (χ2n) is 7.81. The van der Waals surface area contributed by atoms with Crippen molar-refractivity contribution in [2.24, 2.45) is 5.92 Å². The summed E-state index contributed by atoms with van der Waals surface area (Å²) in [6.45, 7) is 5.25. The molecule has 3 rings (SSSR count). The summed E-state index contributed by atoms with van der Waals surface area (Å²) in [6, 6.07) is 15.9. The minimum atomic E-state index is -3.62. The van der Waals surface area contributed by atoms with Gasteiger partial charge in [0.1, 0.15) is 0 Å². The molecule has 2 aromatic carbocycles. The van der Waals surface area contributed by atoms with Gasteiger partial charge in [0, 0.05) is 31.7 Å². The molecule has 7 nitrogen and oxygen atoms in total. The van der Waals surface area contributed by atoms with Gasteiger partial charge < -0.3 is 10.6 Å². The van der Waals surface area contributed by atoms with E-state index < -0.39 is 10.0 Å². The normalized spacial score (nSPS) is 15.1. The summed E-state index contributed by atoms with van der Waals surface area (Å²) >= 11 is 0. The number of sulfonamides is 1. The van der Waals surface area contributed by atoms with E-state index in [1.807, 2.05) is 30.3 Å². The summed E-state index contributed by atoms with van der Waals surface area (Å²) in [6.07, 6.45) is 3.32. The largest absolute Gasteiger partial charge is 0.352 e. The maximum Gasteiger partial charge on any atom is 0.251 e. The number of carbonyl (C=O) groups is 2. The number of rotatable bonds is 9. The molecule has 170 valence electrons. The first kappa shape index (κ1) is 23.7. The van der Waals surface area contributed by atoms with E-state index in [0.29, 0.717) is 44.6 Å². The Balaban J connectivity index is 1.51. The van der Waals surface area contributed by atoms with Gasteiger partial charge in [-0.15, -0.1) is 0 Å². The average molecular weight is 456 g/mol. The molecule has 2 aromatic rings. The van der Waals surface area contributed by atoms with Crippen molar-refractivity contribution in [3.05, 3.63) is 78.4 Å². The van der Waals surface area contributed by atoms with E-state index in [2.05, 4.69) is 17.2 Å². The summed E-state index contributed by atoms with van der Waals surface area (Å²) in [4.78, 5) is 23.8. The number of nitrogens with one attached hydrogen (secondary N) is 2. The summed E-state index contributed by atoms with van der Waals surface area (Å²) in [5, 5.41) is 5.63. The Bertz CT molecular complexity index is 1030. The van der Waals surface area contributed by atoms with Crippen LogP contribution in [0.3, 0.4) is 0 Å². The van der Waals surface area contributed by atoms with Gasteiger partial charge in [-0.3, -0.25) is 9.59 Å². The molecule has 32 heavy (non-hydrogen) atoms. The summed E-state index contributed by atoms with van der Waals surface area (Å²) in [5.74, 6) is -0.205.